The predicted octanol–water partition coefficient (Wildman–Crippen LogP) is 3.65. The number of rotatable bonds is 2. The summed E-state index contributed by atoms with van der Waals surface area (Å²) in [6, 6.07) is 13.6. The number of benzene rings is 2. The molecule has 1 heterocycles. The van der Waals surface area contributed by atoms with E-state index in [4.69, 9.17) is 10.5 Å². The van der Waals surface area contributed by atoms with Crippen LogP contribution in [-0.4, -0.2) is 17.1 Å². The second kappa shape index (κ2) is 5.09. The summed E-state index contributed by atoms with van der Waals surface area (Å²) in [5.41, 5.74) is 8.39. The first kappa shape index (κ1) is 12.9. The third-order valence-electron chi connectivity index (χ3n) is 3.04. The Labute approximate surface area is 124 Å². The maximum absolute atomic E-state index is 5.80. The van der Waals surface area contributed by atoms with Crippen LogP contribution in [-0.2, 0) is 0 Å². The van der Waals surface area contributed by atoms with E-state index in [0.717, 1.165) is 32.4 Å². The zero-order valence-electron chi connectivity index (χ0n) is 10.8. The minimum absolute atomic E-state index is 0.264. The number of nitrogens with zero attached hydrogens (tertiary/aromatic N) is 2. The number of nitrogen functional groups attached to an aromatic ring is 1. The van der Waals surface area contributed by atoms with E-state index in [1.54, 1.807) is 7.11 Å². The molecule has 3 aromatic rings. The molecule has 2 N–H and O–H groups in total. The fraction of sp³-hybridized carbons (Fsp3) is 0.0667. The van der Waals surface area contributed by atoms with Crippen molar-refractivity contribution in [2.45, 2.75) is 0 Å². The van der Waals surface area contributed by atoms with Crippen LogP contribution in [0.25, 0.3) is 22.2 Å². The molecular formula is C15H12BrN3O. The summed E-state index contributed by atoms with van der Waals surface area (Å²) in [6.45, 7) is 0. The molecule has 0 fully saturated rings. The number of aromatic nitrogens is 2. The minimum atomic E-state index is 0.264. The van der Waals surface area contributed by atoms with Gasteiger partial charge in [0.2, 0.25) is 5.95 Å². The van der Waals surface area contributed by atoms with Gasteiger partial charge in [-0.15, -0.1) is 0 Å². The maximum Gasteiger partial charge on any atom is 0.221 e. The Morgan fingerprint density at radius 3 is 2.50 bits per heavy atom. The fourth-order valence-electron chi connectivity index (χ4n) is 2.08. The third kappa shape index (κ3) is 2.32. The zero-order chi connectivity index (χ0) is 14.1. The number of hydrogen-bond donors (Lipinski definition) is 1. The molecule has 0 spiro atoms. The molecule has 0 aliphatic heterocycles. The molecule has 20 heavy (non-hydrogen) atoms. The van der Waals surface area contributed by atoms with Crippen molar-refractivity contribution in [1.82, 2.24) is 9.97 Å². The second-order valence-electron chi connectivity index (χ2n) is 4.32. The molecule has 3 rings (SSSR count). The van der Waals surface area contributed by atoms with Crippen LogP contribution in [0.5, 0.6) is 5.75 Å². The van der Waals surface area contributed by atoms with E-state index in [9.17, 15) is 0 Å². The summed E-state index contributed by atoms with van der Waals surface area (Å²) in [5, 5.41) is 0.917. The molecule has 0 aliphatic carbocycles. The molecule has 1 aromatic heterocycles. The normalized spacial score (nSPS) is 10.7. The highest BCUT2D eigenvalue weighted by Gasteiger charge is 2.09. The molecule has 2 aromatic carbocycles. The van der Waals surface area contributed by atoms with Crippen LogP contribution in [0.3, 0.4) is 0 Å². The Morgan fingerprint density at radius 1 is 1.05 bits per heavy atom. The van der Waals surface area contributed by atoms with Gasteiger partial charge in [0.25, 0.3) is 0 Å². The van der Waals surface area contributed by atoms with Gasteiger partial charge in [0.15, 0.2) is 0 Å². The summed E-state index contributed by atoms with van der Waals surface area (Å²) in [7, 11) is 1.64. The average molecular weight is 330 g/mol. The summed E-state index contributed by atoms with van der Waals surface area (Å²) in [5.74, 6) is 1.03. The number of ether oxygens (including phenoxy) is 1. The molecular weight excluding hydrogens is 318 g/mol. The van der Waals surface area contributed by atoms with E-state index in [2.05, 4.69) is 25.9 Å². The maximum atomic E-state index is 5.80. The Balaban J connectivity index is 2.29. The summed E-state index contributed by atoms with van der Waals surface area (Å²) in [6.07, 6.45) is 0. The first-order chi connectivity index (χ1) is 9.67. The Morgan fingerprint density at radius 2 is 1.80 bits per heavy atom. The van der Waals surface area contributed by atoms with Crippen molar-refractivity contribution in [2.75, 3.05) is 12.8 Å². The topological polar surface area (TPSA) is 61.0 Å². The largest absolute Gasteiger partial charge is 0.497 e. The van der Waals surface area contributed by atoms with Crippen molar-refractivity contribution in [3.63, 3.8) is 0 Å². The first-order valence-electron chi connectivity index (χ1n) is 6.04. The lowest BCUT2D eigenvalue weighted by atomic mass is 10.1. The van der Waals surface area contributed by atoms with Crippen LogP contribution in [0.15, 0.2) is 46.9 Å². The lowest BCUT2D eigenvalue weighted by Crippen LogP contribution is -1.98. The van der Waals surface area contributed by atoms with Crippen molar-refractivity contribution in [3.8, 4) is 17.0 Å². The van der Waals surface area contributed by atoms with E-state index >= 15 is 0 Å². The highest BCUT2D eigenvalue weighted by molar-refractivity contribution is 9.10. The molecule has 0 saturated carbocycles. The number of anilines is 1. The van der Waals surface area contributed by atoms with Gasteiger partial charge in [-0.25, -0.2) is 9.97 Å². The van der Waals surface area contributed by atoms with Crippen molar-refractivity contribution in [2.24, 2.45) is 0 Å². The molecule has 4 nitrogen and oxygen atoms in total. The minimum Gasteiger partial charge on any atom is -0.497 e. The molecule has 100 valence electrons. The third-order valence-corrected chi connectivity index (χ3v) is 3.57. The molecule has 0 aliphatic rings. The van der Waals surface area contributed by atoms with Gasteiger partial charge < -0.3 is 10.5 Å². The standard InChI is InChI=1S/C15H12BrN3O/c1-20-11-6-7-13-12(8-11)14(19-15(17)18-13)9-2-4-10(16)5-3-9/h2-8H,1H3,(H2,17,18,19). The average Bonchev–Trinajstić information content (AvgIpc) is 2.47. The van der Waals surface area contributed by atoms with Gasteiger partial charge in [0.05, 0.1) is 18.3 Å². The predicted molar refractivity (Wildman–Crippen MR) is 83.6 cm³/mol. The van der Waals surface area contributed by atoms with Gasteiger partial charge in [-0.1, -0.05) is 28.1 Å². The molecule has 5 heteroatoms. The second-order valence-corrected chi connectivity index (χ2v) is 5.24. The Hall–Kier alpha value is -2.14. The highest BCUT2D eigenvalue weighted by Crippen LogP contribution is 2.30. The van der Waals surface area contributed by atoms with Crippen LogP contribution in [0.4, 0.5) is 5.95 Å². The van der Waals surface area contributed by atoms with Gasteiger partial charge in [-0.3, -0.25) is 0 Å². The van der Waals surface area contributed by atoms with E-state index in [1.165, 1.54) is 0 Å². The van der Waals surface area contributed by atoms with Gasteiger partial charge >= 0.3 is 0 Å². The van der Waals surface area contributed by atoms with Crippen LogP contribution < -0.4 is 10.5 Å². The van der Waals surface area contributed by atoms with Gasteiger partial charge in [-0.05, 0) is 30.3 Å². The van der Waals surface area contributed by atoms with Crippen LogP contribution >= 0.6 is 15.9 Å². The quantitative estimate of drug-likeness (QED) is 0.779. The summed E-state index contributed by atoms with van der Waals surface area (Å²) >= 11 is 3.43. The Kier molecular flexibility index (Phi) is 3.28. The molecule has 0 radical (unpaired) electrons. The van der Waals surface area contributed by atoms with Crippen LogP contribution in [0.1, 0.15) is 0 Å². The van der Waals surface area contributed by atoms with Crippen LogP contribution in [0.2, 0.25) is 0 Å². The molecule has 0 saturated heterocycles. The molecule has 0 unspecified atom stereocenters. The van der Waals surface area contributed by atoms with E-state index < -0.39 is 0 Å². The zero-order valence-corrected chi connectivity index (χ0v) is 12.4. The number of nitrogens with two attached hydrogens (primary N) is 1. The van der Waals surface area contributed by atoms with Crippen molar-refractivity contribution in [1.29, 1.82) is 0 Å². The lowest BCUT2D eigenvalue weighted by molar-refractivity contribution is 0.415. The van der Waals surface area contributed by atoms with Crippen molar-refractivity contribution in [3.05, 3.63) is 46.9 Å². The van der Waals surface area contributed by atoms with Gasteiger partial charge in [0, 0.05) is 15.4 Å². The lowest BCUT2D eigenvalue weighted by Gasteiger charge is -2.08. The number of methoxy groups -OCH3 is 1. The highest BCUT2D eigenvalue weighted by atomic mass is 79.9. The Bertz CT molecular complexity index is 772. The van der Waals surface area contributed by atoms with Crippen molar-refractivity contribution < 1.29 is 4.74 Å². The molecule has 0 amide bonds. The van der Waals surface area contributed by atoms with E-state index in [1.807, 2.05) is 42.5 Å². The summed E-state index contributed by atoms with van der Waals surface area (Å²) in [4.78, 5) is 8.63. The number of hydrogen-bond acceptors (Lipinski definition) is 4. The SMILES string of the molecule is COc1ccc2nc(N)nc(-c3ccc(Br)cc3)c2c1. The van der Waals surface area contributed by atoms with Gasteiger partial charge in [0.1, 0.15) is 5.75 Å². The number of halogens is 1. The van der Waals surface area contributed by atoms with E-state index in [-0.39, 0.29) is 5.95 Å². The fourth-order valence-corrected chi connectivity index (χ4v) is 2.34. The van der Waals surface area contributed by atoms with Crippen molar-refractivity contribution >= 4 is 32.8 Å². The number of fused-ring (bicyclic) bond motifs is 1. The summed E-state index contributed by atoms with van der Waals surface area (Å²) < 4.78 is 6.29. The van der Waals surface area contributed by atoms with Gasteiger partial charge in [-0.2, -0.15) is 0 Å². The monoisotopic (exact) mass is 329 g/mol. The van der Waals surface area contributed by atoms with E-state index in [0.29, 0.717) is 0 Å². The smallest absolute Gasteiger partial charge is 0.221 e. The van der Waals surface area contributed by atoms with Crippen LogP contribution in [0, 0.1) is 0 Å². The molecule has 0 bridgehead atoms. The molecule has 0 atom stereocenters. The first-order valence-corrected chi connectivity index (χ1v) is 6.84.